The van der Waals surface area contributed by atoms with Gasteiger partial charge in [-0.15, -0.1) is 24.5 Å². The summed E-state index contributed by atoms with van der Waals surface area (Å²) in [6.07, 6.45) is -4.04. The number of hydrogen-bond acceptors (Lipinski definition) is 4. The van der Waals surface area contributed by atoms with Gasteiger partial charge < -0.3 is 14.4 Å². The maximum absolute atomic E-state index is 13.3. The second-order valence-electron chi connectivity index (χ2n) is 6.81. The summed E-state index contributed by atoms with van der Waals surface area (Å²) in [6, 6.07) is 14.4. The Kier molecular flexibility index (Phi) is 5.42. The predicted octanol–water partition coefficient (Wildman–Crippen LogP) is 5.44. The number of ether oxygens (including phenoxy) is 2. The monoisotopic (exact) mass is 433 g/mol. The standard InChI is InChI=1S/C22H18F3NO3S/c1-28-17-6-2-14(3-7-17)19-20-15(11-13-30-20)10-12-26(19)21(27)16-4-8-18(9-5-16)29-22(23,24)25/h2-9,11,13,19H,10,12H2,1H3. The van der Waals surface area contributed by atoms with Crippen molar-refractivity contribution in [2.24, 2.45) is 0 Å². The van der Waals surface area contributed by atoms with Crippen LogP contribution in [0.4, 0.5) is 13.2 Å². The Morgan fingerprint density at radius 1 is 1.03 bits per heavy atom. The molecular weight excluding hydrogens is 415 g/mol. The van der Waals surface area contributed by atoms with Gasteiger partial charge in [-0.2, -0.15) is 0 Å². The fourth-order valence-electron chi connectivity index (χ4n) is 3.61. The third-order valence-corrected chi connectivity index (χ3v) is 6.00. The minimum absolute atomic E-state index is 0.242. The van der Waals surface area contributed by atoms with Crippen molar-refractivity contribution in [3.63, 3.8) is 0 Å². The quantitative estimate of drug-likeness (QED) is 0.550. The van der Waals surface area contributed by atoms with Gasteiger partial charge in [0.25, 0.3) is 5.91 Å². The number of halogens is 3. The van der Waals surface area contributed by atoms with Crippen LogP contribution in [0, 0.1) is 0 Å². The van der Waals surface area contributed by atoms with E-state index in [4.69, 9.17) is 4.74 Å². The van der Waals surface area contributed by atoms with E-state index in [2.05, 4.69) is 10.8 Å². The highest BCUT2D eigenvalue weighted by Crippen LogP contribution is 2.39. The van der Waals surface area contributed by atoms with Gasteiger partial charge in [-0.05, 0) is 65.4 Å². The Morgan fingerprint density at radius 2 is 1.70 bits per heavy atom. The molecule has 2 heterocycles. The molecule has 30 heavy (non-hydrogen) atoms. The van der Waals surface area contributed by atoms with Crippen LogP contribution in [0.2, 0.25) is 0 Å². The number of hydrogen-bond donors (Lipinski definition) is 0. The van der Waals surface area contributed by atoms with E-state index in [0.29, 0.717) is 12.1 Å². The van der Waals surface area contributed by atoms with Crippen molar-refractivity contribution >= 4 is 17.2 Å². The zero-order valence-electron chi connectivity index (χ0n) is 16.0. The molecule has 0 saturated carbocycles. The van der Waals surface area contributed by atoms with Crippen LogP contribution in [0.25, 0.3) is 0 Å². The van der Waals surface area contributed by atoms with Crippen molar-refractivity contribution < 1.29 is 27.4 Å². The highest BCUT2D eigenvalue weighted by atomic mass is 32.1. The summed E-state index contributed by atoms with van der Waals surface area (Å²) in [5, 5.41) is 2.01. The second kappa shape index (κ2) is 8.02. The number of rotatable bonds is 4. The molecule has 0 aliphatic carbocycles. The molecule has 0 radical (unpaired) electrons. The van der Waals surface area contributed by atoms with Crippen molar-refractivity contribution in [3.8, 4) is 11.5 Å². The van der Waals surface area contributed by atoms with Crippen LogP contribution in [0.15, 0.2) is 60.0 Å². The molecular formula is C22H18F3NO3S. The topological polar surface area (TPSA) is 38.8 Å². The average Bonchev–Trinajstić information content (AvgIpc) is 3.21. The van der Waals surface area contributed by atoms with E-state index in [9.17, 15) is 18.0 Å². The van der Waals surface area contributed by atoms with Gasteiger partial charge in [-0.3, -0.25) is 4.79 Å². The third-order valence-electron chi connectivity index (χ3n) is 4.99. The zero-order chi connectivity index (χ0) is 21.3. The maximum atomic E-state index is 13.3. The number of carbonyl (C=O) groups excluding carboxylic acids is 1. The Balaban J connectivity index is 1.65. The van der Waals surface area contributed by atoms with E-state index in [0.717, 1.165) is 34.7 Å². The van der Waals surface area contributed by atoms with E-state index >= 15 is 0 Å². The molecule has 1 amide bonds. The van der Waals surface area contributed by atoms with E-state index in [-0.39, 0.29) is 17.7 Å². The summed E-state index contributed by atoms with van der Waals surface area (Å²) in [6.45, 7) is 0.514. The number of fused-ring (bicyclic) bond motifs is 1. The van der Waals surface area contributed by atoms with Crippen molar-refractivity contribution in [2.75, 3.05) is 13.7 Å². The highest BCUT2D eigenvalue weighted by Gasteiger charge is 2.34. The van der Waals surface area contributed by atoms with Gasteiger partial charge in [0.2, 0.25) is 0 Å². The maximum Gasteiger partial charge on any atom is 0.573 e. The zero-order valence-corrected chi connectivity index (χ0v) is 16.8. The van der Waals surface area contributed by atoms with Gasteiger partial charge in [0.1, 0.15) is 11.5 Å². The van der Waals surface area contributed by atoms with Gasteiger partial charge in [0, 0.05) is 17.0 Å². The van der Waals surface area contributed by atoms with Crippen molar-refractivity contribution in [1.82, 2.24) is 4.90 Å². The van der Waals surface area contributed by atoms with E-state index in [1.807, 2.05) is 29.6 Å². The van der Waals surface area contributed by atoms with Gasteiger partial charge >= 0.3 is 6.36 Å². The molecule has 1 atom stereocenters. The third kappa shape index (κ3) is 4.14. The number of thiophene rings is 1. The summed E-state index contributed by atoms with van der Waals surface area (Å²) in [7, 11) is 1.59. The fraction of sp³-hybridized carbons (Fsp3) is 0.227. The van der Waals surface area contributed by atoms with E-state index in [1.54, 1.807) is 23.3 Å². The van der Waals surface area contributed by atoms with Crippen LogP contribution >= 0.6 is 11.3 Å². The first kappa shape index (κ1) is 20.3. The molecule has 0 N–H and O–H groups in total. The molecule has 4 nitrogen and oxygen atoms in total. The fourth-order valence-corrected chi connectivity index (χ4v) is 4.70. The second-order valence-corrected chi connectivity index (χ2v) is 7.75. The van der Waals surface area contributed by atoms with Crippen LogP contribution in [0.1, 0.15) is 32.4 Å². The number of methoxy groups -OCH3 is 1. The minimum atomic E-state index is -4.77. The first-order valence-electron chi connectivity index (χ1n) is 9.23. The Bertz CT molecular complexity index is 1030. The lowest BCUT2D eigenvalue weighted by atomic mass is 9.94. The first-order valence-corrected chi connectivity index (χ1v) is 10.1. The summed E-state index contributed by atoms with van der Waals surface area (Å²) in [5.74, 6) is 0.123. The van der Waals surface area contributed by atoms with Crippen LogP contribution in [0.5, 0.6) is 11.5 Å². The number of carbonyl (C=O) groups is 1. The molecule has 0 saturated heterocycles. The number of alkyl halides is 3. The molecule has 8 heteroatoms. The van der Waals surface area contributed by atoms with Gasteiger partial charge in [0.15, 0.2) is 0 Å². The van der Waals surface area contributed by atoms with Crippen LogP contribution in [-0.2, 0) is 6.42 Å². The van der Waals surface area contributed by atoms with Crippen molar-refractivity contribution in [2.45, 2.75) is 18.8 Å². The van der Waals surface area contributed by atoms with Gasteiger partial charge in [-0.1, -0.05) is 12.1 Å². The summed E-state index contributed by atoms with van der Waals surface area (Å²) >= 11 is 1.59. The first-order chi connectivity index (χ1) is 14.4. The van der Waals surface area contributed by atoms with E-state index in [1.165, 1.54) is 17.7 Å². The number of benzene rings is 2. The molecule has 0 bridgehead atoms. The lowest BCUT2D eigenvalue weighted by Gasteiger charge is -2.36. The van der Waals surface area contributed by atoms with Crippen LogP contribution in [0.3, 0.4) is 0 Å². The van der Waals surface area contributed by atoms with Gasteiger partial charge in [0.05, 0.1) is 13.2 Å². The molecule has 1 aliphatic heterocycles. The number of nitrogens with zero attached hydrogens (tertiary/aromatic N) is 1. The van der Waals surface area contributed by atoms with Crippen molar-refractivity contribution in [1.29, 1.82) is 0 Å². The average molecular weight is 433 g/mol. The van der Waals surface area contributed by atoms with Crippen molar-refractivity contribution in [3.05, 3.63) is 81.5 Å². The SMILES string of the molecule is COc1ccc(C2c3sccc3CCN2C(=O)c2ccc(OC(F)(F)F)cc2)cc1. The normalized spacial score (nSPS) is 16.1. The molecule has 1 aromatic heterocycles. The Morgan fingerprint density at radius 3 is 2.33 bits per heavy atom. The molecule has 2 aromatic carbocycles. The van der Waals surface area contributed by atoms with Crippen LogP contribution < -0.4 is 9.47 Å². The summed E-state index contributed by atoms with van der Waals surface area (Å²) in [5.41, 5.74) is 2.46. The lowest BCUT2D eigenvalue weighted by Crippen LogP contribution is -2.40. The molecule has 0 fully saturated rings. The minimum Gasteiger partial charge on any atom is -0.497 e. The lowest BCUT2D eigenvalue weighted by molar-refractivity contribution is -0.274. The highest BCUT2D eigenvalue weighted by molar-refractivity contribution is 7.10. The molecule has 156 valence electrons. The molecule has 0 spiro atoms. The molecule has 1 aliphatic rings. The molecule has 1 unspecified atom stereocenters. The smallest absolute Gasteiger partial charge is 0.497 e. The largest absolute Gasteiger partial charge is 0.573 e. The molecule has 4 rings (SSSR count). The molecule has 3 aromatic rings. The Hall–Kier alpha value is -3.00. The number of amides is 1. The summed E-state index contributed by atoms with van der Waals surface area (Å²) < 4.78 is 46.3. The Labute approximate surface area is 175 Å². The van der Waals surface area contributed by atoms with Gasteiger partial charge in [-0.25, -0.2) is 0 Å². The predicted molar refractivity (Wildman–Crippen MR) is 107 cm³/mol. The summed E-state index contributed by atoms with van der Waals surface area (Å²) in [4.78, 5) is 16.1. The van der Waals surface area contributed by atoms with E-state index < -0.39 is 6.36 Å². The van der Waals surface area contributed by atoms with Crippen LogP contribution in [-0.4, -0.2) is 30.8 Å².